The molecule has 0 aliphatic heterocycles. The maximum atomic E-state index is 12.4. The fraction of sp³-hybridized carbons (Fsp3) is 0.611. The van der Waals surface area contributed by atoms with Gasteiger partial charge >= 0.3 is 5.97 Å². The zero-order chi connectivity index (χ0) is 17.4. The molecule has 1 aromatic carbocycles. The fourth-order valence-electron chi connectivity index (χ4n) is 2.34. The molecule has 0 heterocycles. The van der Waals surface area contributed by atoms with Gasteiger partial charge in [-0.15, -0.1) is 0 Å². The molecule has 0 aliphatic carbocycles. The second-order valence-corrected chi connectivity index (χ2v) is 6.04. The van der Waals surface area contributed by atoms with E-state index in [1.807, 2.05) is 21.0 Å². The first kappa shape index (κ1) is 19.3. The van der Waals surface area contributed by atoms with Gasteiger partial charge in [0, 0.05) is 12.1 Å². The Morgan fingerprint density at radius 1 is 1.30 bits per heavy atom. The van der Waals surface area contributed by atoms with E-state index in [0.717, 1.165) is 12.8 Å². The SMILES string of the molecule is CCCOc1cc(O)ccc1C(=O)OC[C@H](C(C)CC)N(C)C. The number of carbonyl (C=O) groups excluding carboxylic acids is 1. The van der Waals surface area contributed by atoms with Crippen molar-refractivity contribution in [3.63, 3.8) is 0 Å². The molecular weight excluding hydrogens is 294 g/mol. The van der Waals surface area contributed by atoms with E-state index in [0.29, 0.717) is 30.4 Å². The van der Waals surface area contributed by atoms with Gasteiger partial charge in [-0.1, -0.05) is 27.2 Å². The molecule has 5 heteroatoms. The van der Waals surface area contributed by atoms with Crippen LogP contribution in [-0.4, -0.2) is 49.3 Å². The Balaban J connectivity index is 2.80. The zero-order valence-corrected chi connectivity index (χ0v) is 14.8. The average molecular weight is 323 g/mol. The number of phenolic OH excluding ortho intramolecular Hbond substituents is 1. The van der Waals surface area contributed by atoms with Gasteiger partial charge in [0.2, 0.25) is 0 Å². The molecule has 1 N–H and O–H groups in total. The molecule has 1 rings (SSSR count). The molecule has 5 nitrogen and oxygen atoms in total. The first-order chi connectivity index (χ1) is 10.9. The zero-order valence-electron chi connectivity index (χ0n) is 14.8. The number of nitrogens with zero attached hydrogens (tertiary/aromatic N) is 1. The molecule has 2 atom stereocenters. The minimum absolute atomic E-state index is 0.0680. The van der Waals surface area contributed by atoms with E-state index in [2.05, 4.69) is 18.7 Å². The number of aromatic hydroxyl groups is 1. The monoisotopic (exact) mass is 323 g/mol. The summed E-state index contributed by atoms with van der Waals surface area (Å²) >= 11 is 0. The van der Waals surface area contributed by atoms with Gasteiger partial charge < -0.3 is 19.5 Å². The quantitative estimate of drug-likeness (QED) is 0.707. The smallest absolute Gasteiger partial charge is 0.341 e. The predicted octanol–water partition coefficient (Wildman–Crippen LogP) is 3.31. The van der Waals surface area contributed by atoms with Crippen molar-refractivity contribution >= 4 is 5.97 Å². The Bertz CT molecular complexity index is 502. The molecule has 0 bridgehead atoms. The highest BCUT2D eigenvalue weighted by molar-refractivity contribution is 5.92. The van der Waals surface area contributed by atoms with E-state index < -0.39 is 5.97 Å². The summed E-state index contributed by atoms with van der Waals surface area (Å²) in [6.07, 6.45) is 1.84. The van der Waals surface area contributed by atoms with Crippen LogP contribution in [-0.2, 0) is 4.74 Å². The van der Waals surface area contributed by atoms with E-state index in [1.165, 1.54) is 18.2 Å². The van der Waals surface area contributed by atoms with Crippen LogP contribution in [0.1, 0.15) is 44.0 Å². The van der Waals surface area contributed by atoms with Crippen LogP contribution in [0.4, 0.5) is 0 Å². The average Bonchev–Trinajstić information content (AvgIpc) is 2.52. The second kappa shape index (κ2) is 9.40. The summed E-state index contributed by atoms with van der Waals surface area (Å²) in [5.41, 5.74) is 0.345. The predicted molar refractivity (Wildman–Crippen MR) is 91.1 cm³/mol. The van der Waals surface area contributed by atoms with Crippen molar-refractivity contribution in [2.24, 2.45) is 5.92 Å². The van der Waals surface area contributed by atoms with Crippen LogP contribution < -0.4 is 4.74 Å². The number of benzene rings is 1. The first-order valence-electron chi connectivity index (χ1n) is 8.20. The Morgan fingerprint density at radius 3 is 2.57 bits per heavy atom. The molecule has 0 spiro atoms. The summed E-state index contributed by atoms with van der Waals surface area (Å²) < 4.78 is 11.0. The topological polar surface area (TPSA) is 59.0 Å². The van der Waals surface area contributed by atoms with Gasteiger partial charge in [-0.3, -0.25) is 0 Å². The summed E-state index contributed by atoms with van der Waals surface area (Å²) in [5.74, 6) is 0.430. The lowest BCUT2D eigenvalue weighted by atomic mass is 9.99. The number of esters is 1. The van der Waals surface area contributed by atoms with Crippen molar-refractivity contribution in [2.75, 3.05) is 27.3 Å². The van der Waals surface area contributed by atoms with Crippen LogP contribution in [0.15, 0.2) is 18.2 Å². The summed E-state index contributed by atoms with van der Waals surface area (Å²) in [7, 11) is 3.97. The lowest BCUT2D eigenvalue weighted by Crippen LogP contribution is -2.38. The molecule has 130 valence electrons. The van der Waals surface area contributed by atoms with E-state index in [1.54, 1.807) is 0 Å². The Labute approximate surface area is 139 Å². The van der Waals surface area contributed by atoms with Gasteiger partial charge in [0.25, 0.3) is 0 Å². The molecule has 23 heavy (non-hydrogen) atoms. The summed E-state index contributed by atoms with van der Waals surface area (Å²) in [6, 6.07) is 4.62. The number of hydrogen-bond donors (Lipinski definition) is 1. The Hall–Kier alpha value is -1.75. The number of carbonyl (C=O) groups is 1. The van der Waals surface area contributed by atoms with Crippen LogP contribution in [0.3, 0.4) is 0 Å². The summed E-state index contributed by atoms with van der Waals surface area (Å²) in [4.78, 5) is 14.5. The lowest BCUT2D eigenvalue weighted by Gasteiger charge is -2.29. The molecule has 0 aromatic heterocycles. The van der Waals surface area contributed by atoms with E-state index in [4.69, 9.17) is 9.47 Å². The number of ether oxygens (including phenoxy) is 2. The fourth-order valence-corrected chi connectivity index (χ4v) is 2.34. The molecule has 0 aliphatic rings. The van der Waals surface area contributed by atoms with Crippen LogP contribution in [0.5, 0.6) is 11.5 Å². The van der Waals surface area contributed by atoms with Crippen molar-refractivity contribution in [3.05, 3.63) is 23.8 Å². The largest absolute Gasteiger partial charge is 0.508 e. The van der Waals surface area contributed by atoms with Gasteiger partial charge in [0.15, 0.2) is 0 Å². The van der Waals surface area contributed by atoms with Crippen LogP contribution >= 0.6 is 0 Å². The third-order valence-corrected chi connectivity index (χ3v) is 4.00. The van der Waals surface area contributed by atoms with Crippen LogP contribution in [0.2, 0.25) is 0 Å². The minimum Gasteiger partial charge on any atom is -0.508 e. The van der Waals surface area contributed by atoms with Crippen LogP contribution in [0.25, 0.3) is 0 Å². The highest BCUT2D eigenvalue weighted by Crippen LogP contribution is 2.25. The van der Waals surface area contributed by atoms with Crippen molar-refractivity contribution < 1.29 is 19.4 Å². The van der Waals surface area contributed by atoms with Crippen molar-refractivity contribution in [1.82, 2.24) is 4.90 Å². The second-order valence-electron chi connectivity index (χ2n) is 6.04. The number of hydrogen-bond acceptors (Lipinski definition) is 5. The molecule has 0 saturated carbocycles. The minimum atomic E-state index is -0.425. The van der Waals surface area contributed by atoms with Gasteiger partial charge in [-0.2, -0.15) is 0 Å². The maximum Gasteiger partial charge on any atom is 0.341 e. The molecule has 0 amide bonds. The number of phenols is 1. The molecule has 0 fully saturated rings. The summed E-state index contributed by atoms with van der Waals surface area (Å²) in [5, 5.41) is 9.58. The maximum absolute atomic E-state index is 12.4. The Morgan fingerprint density at radius 2 is 2.00 bits per heavy atom. The van der Waals surface area contributed by atoms with Gasteiger partial charge in [0.1, 0.15) is 23.7 Å². The lowest BCUT2D eigenvalue weighted by molar-refractivity contribution is 0.0332. The van der Waals surface area contributed by atoms with Gasteiger partial charge in [-0.25, -0.2) is 4.79 Å². The van der Waals surface area contributed by atoms with E-state index in [-0.39, 0.29) is 11.8 Å². The molecular formula is C18H29NO4. The number of likely N-dealkylation sites (N-methyl/N-ethyl adjacent to an activating group) is 1. The molecule has 0 radical (unpaired) electrons. The third-order valence-electron chi connectivity index (χ3n) is 4.00. The summed E-state index contributed by atoms with van der Waals surface area (Å²) in [6.45, 7) is 7.06. The first-order valence-corrected chi connectivity index (χ1v) is 8.20. The van der Waals surface area contributed by atoms with Crippen molar-refractivity contribution in [2.45, 2.75) is 39.7 Å². The van der Waals surface area contributed by atoms with Crippen molar-refractivity contribution in [3.8, 4) is 11.5 Å². The molecule has 1 aromatic rings. The van der Waals surface area contributed by atoms with E-state index in [9.17, 15) is 9.90 Å². The highest BCUT2D eigenvalue weighted by atomic mass is 16.5. The standard InChI is InChI=1S/C18H29NO4/c1-6-10-22-17-11-14(20)8-9-15(17)18(21)23-12-16(19(4)5)13(3)7-2/h8-9,11,13,16,20H,6-7,10,12H2,1-5H3/t13?,16-/m1/s1. The van der Waals surface area contributed by atoms with Gasteiger partial charge in [-0.05, 0) is 38.6 Å². The molecule has 0 saturated heterocycles. The van der Waals surface area contributed by atoms with Gasteiger partial charge in [0.05, 0.1) is 6.61 Å². The Kier molecular flexibility index (Phi) is 7.89. The van der Waals surface area contributed by atoms with E-state index >= 15 is 0 Å². The molecule has 1 unspecified atom stereocenters. The van der Waals surface area contributed by atoms with Crippen molar-refractivity contribution in [1.29, 1.82) is 0 Å². The normalized spacial score (nSPS) is 13.7. The third kappa shape index (κ3) is 5.75. The van der Waals surface area contributed by atoms with Crippen LogP contribution in [0, 0.1) is 5.92 Å². The highest BCUT2D eigenvalue weighted by Gasteiger charge is 2.22. The number of rotatable bonds is 9.